The third kappa shape index (κ3) is 8.59. The Labute approximate surface area is 147 Å². The average molecular weight is 351 g/mol. The van der Waals surface area contributed by atoms with E-state index in [9.17, 15) is 14.4 Å². The molecule has 1 unspecified atom stereocenters. The van der Waals surface area contributed by atoms with Gasteiger partial charge in [0.15, 0.2) is 6.61 Å². The molecule has 0 bridgehead atoms. The van der Waals surface area contributed by atoms with Gasteiger partial charge in [-0.05, 0) is 52.3 Å². The van der Waals surface area contributed by atoms with Gasteiger partial charge < -0.3 is 14.8 Å². The number of nitrogens with one attached hydrogen (secondary N) is 3. The number of ether oxygens (including phenoxy) is 2. The quantitative estimate of drug-likeness (QED) is 0.696. The molecule has 138 valence electrons. The van der Waals surface area contributed by atoms with Crippen molar-refractivity contribution in [2.45, 2.75) is 46.3 Å². The number of carbonyl (C=O) groups is 3. The molecule has 25 heavy (non-hydrogen) atoms. The van der Waals surface area contributed by atoms with E-state index in [4.69, 9.17) is 9.47 Å². The summed E-state index contributed by atoms with van der Waals surface area (Å²) in [4.78, 5) is 35.1. The van der Waals surface area contributed by atoms with Crippen molar-refractivity contribution in [3.63, 3.8) is 0 Å². The van der Waals surface area contributed by atoms with E-state index in [1.807, 2.05) is 19.1 Å². The number of hydrazine groups is 1. The summed E-state index contributed by atoms with van der Waals surface area (Å²) in [6.45, 7) is 8.27. The molecular weight excluding hydrogens is 326 g/mol. The molecule has 0 saturated heterocycles. The normalized spacial score (nSPS) is 11.9. The molecule has 0 aliphatic heterocycles. The van der Waals surface area contributed by atoms with Crippen molar-refractivity contribution in [3.8, 4) is 5.75 Å². The van der Waals surface area contributed by atoms with Gasteiger partial charge in [-0.3, -0.25) is 20.4 Å². The number of alkyl carbamates (subject to hydrolysis) is 1. The summed E-state index contributed by atoms with van der Waals surface area (Å²) >= 11 is 0. The SMILES string of the molecule is Cc1cccc(OCC(=O)NNC(=O)C(C)NC(=O)OC(C)(C)C)c1. The van der Waals surface area contributed by atoms with Crippen molar-refractivity contribution in [1.82, 2.24) is 16.2 Å². The third-order valence-electron chi connectivity index (χ3n) is 2.81. The standard InChI is InChI=1S/C17H25N3O5/c1-11-7-6-8-13(9-11)24-10-14(21)19-20-15(22)12(2)18-16(23)25-17(3,4)5/h6-9,12H,10H2,1-5H3,(H,18,23)(H,19,21)(H,20,22). The van der Waals surface area contributed by atoms with Crippen LogP contribution < -0.4 is 20.9 Å². The molecule has 8 nitrogen and oxygen atoms in total. The van der Waals surface area contributed by atoms with Crippen molar-refractivity contribution in [3.05, 3.63) is 29.8 Å². The molecule has 8 heteroatoms. The second kappa shape index (κ2) is 8.91. The molecule has 0 aliphatic carbocycles. The van der Waals surface area contributed by atoms with Crippen LogP contribution in [0.25, 0.3) is 0 Å². The Morgan fingerprint density at radius 2 is 1.84 bits per heavy atom. The number of hydrogen-bond acceptors (Lipinski definition) is 5. The van der Waals surface area contributed by atoms with E-state index in [1.165, 1.54) is 6.92 Å². The molecule has 1 aromatic carbocycles. The van der Waals surface area contributed by atoms with Crippen LogP contribution in [-0.4, -0.2) is 36.2 Å². The Balaban J connectivity index is 2.32. The van der Waals surface area contributed by atoms with Crippen LogP contribution in [-0.2, 0) is 14.3 Å². The lowest BCUT2D eigenvalue weighted by Gasteiger charge is -2.21. The summed E-state index contributed by atoms with van der Waals surface area (Å²) in [5, 5.41) is 2.37. The van der Waals surface area contributed by atoms with E-state index < -0.39 is 29.6 Å². The Kier molecular flexibility index (Phi) is 7.22. The van der Waals surface area contributed by atoms with Crippen LogP contribution in [0.1, 0.15) is 33.3 Å². The second-order valence-corrected chi connectivity index (χ2v) is 6.51. The molecule has 0 saturated carbocycles. The molecule has 1 aromatic rings. The van der Waals surface area contributed by atoms with E-state index in [1.54, 1.807) is 32.9 Å². The molecule has 0 heterocycles. The molecule has 3 N–H and O–H groups in total. The fraction of sp³-hybridized carbons (Fsp3) is 0.471. The smallest absolute Gasteiger partial charge is 0.408 e. The van der Waals surface area contributed by atoms with Crippen LogP contribution in [0.15, 0.2) is 24.3 Å². The van der Waals surface area contributed by atoms with Crippen LogP contribution in [0.3, 0.4) is 0 Å². The summed E-state index contributed by atoms with van der Waals surface area (Å²) in [6.07, 6.45) is -0.718. The Morgan fingerprint density at radius 3 is 2.44 bits per heavy atom. The molecule has 1 rings (SSSR count). The van der Waals surface area contributed by atoms with Gasteiger partial charge in [0.25, 0.3) is 11.8 Å². The largest absolute Gasteiger partial charge is 0.484 e. The first kappa shape index (κ1) is 20.3. The van der Waals surface area contributed by atoms with E-state index in [0.717, 1.165) is 5.56 Å². The lowest BCUT2D eigenvalue weighted by molar-refractivity contribution is -0.130. The van der Waals surface area contributed by atoms with Gasteiger partial charge in [0.2, 0.25) is 0 Å². The van der Waals surface area contributed by atoms with Gasteiger partial charge in [-0.15, -0.1) is 0 Å². The van der Waals surface area contributed by atoms with Gasteiger partial charge >= 0.3 is 6.09 Å². The van der Waals surface area contributed by atoms with Gasteiger partial charge in [-0.25, -0.2) is 4.79 Å². The maximum absolute atomic E-state index is 11.8. The van der Waals surface area contributed by atoms with E-state index in [0.29, 0.717) is 5.75 Å². The summed E-state index contributed by atoms with van der Waals surface area (Å²) in [5.74, 6) is -0.560. The van der Waals surface area contributed by atoms with Crippen LogP contribution in [0, 0.1) is 6.92 Å². The van der Waals surface area contributed by atoms with Crippen LogP contribution in [0.2, 0.25) is 0 Å². The molecule has 0 spiro atoms. The maximum Gasteiger partial charge on any atom is 0.408 e. The fourth-order valence-electron chi connectivity index (χ4n) is 1.68. The monoisotopic (exact) mass is 351 g/mol. The second-order valence-electron chi connectivity index (χ2n) is 6.51. The highest BCUT2D eigenvalue weighted by atomic mass is 16.6. The van der Waals surface area contributed by atoms with E-state index in [2.05, 4.69) is 16.2 Å². The first-order chi connectivity index (χ1) is 11.6. The van der Waals surface area contributed by atoms with Gasteiger partial charge in [-0.2, -0.15) is 0 Å². The van der Waals surface area contributed by atoms with Gasteiger partial charge in [0.05, 0.1) is 0 Å². The zero-order chi connectivity index (χ0) is 19.0. The van der Waals surface area contributed by atoms with E-state index >= 15 is 0 Å². The van der Waals surface area contributed by atoms with Crippen molar-refractivity contribution in [1.29, 1.82) is 0 Å². The molecule has 0 aromatic heterocycles. The minimum absolute atomic E-state index is 0.252. The first-order valence-corrected chi connectivity index (χ1v) is 7.84. The minimum atomic E-state index is -0.882. The number of rotatable bonds is 5. The van der Waals surface area contributed by atoms with Crippen LogP contribution >= 0.6 is 0 Å². The predicted molar refractivity (Wildman–Crippen MR) is 91.8 cm³/mol. The molecule has 0 fully saturated rings. The van der Waals surface area contributed by atoms with Crippen LogP contribution in [0.4, 0.5) is 4.79 Å². The summed E-state index contributed by atoms with van der Waals surface area (Å²) < 4.78 is 10.4. The number of hydrogen-bond donors (Lipinski definition) is 3. The highest BCUT2D eigenvalue weighted by Gasteiger charge is 2.21. The topological polar surface area (TPSA) is 106 Å². The molecule has 0 aliphatic rings. The number of carbonyl (C=O) groups excluding carboxylic acids is 3. The molecular formula is C17H25N3O5. The molecule has 3 amide bonds. The lowest BCUT2D eigenvalue weighted by atomic mass is 10.2. The summed E-state index contributed by atoms with van der Waals surface area (Å²) in [5.41, 5.74) is 4.77. The highest BCUT2D eigenvalue weighted by Crippen LogP contribution is 2.11. The van der Waals surface area contributed by atoms with Crippen molar-refractivity contribution < 1.29 is 23.9 Å². The zero-order valence-electron chi connectivity index (χ0n) is 15.1. The van der Waals surface area contributed by atoms with E-state index in [-0.39, 0.29) is 6.61 Å². The van der Waals surface area contributed by atoms with Gasteiger partial charge in [-0.1, -0.05) is 12.1 Å². The lowest BCUT2D eigenvalue weighted by Crippen LogP contribution is -2.52. The predicted octanol–water partition coefficient (Wildman–Crippen LogP) is 1.43. The Hall–Kier alpha value is -2.77. The van der Waals surface area contributed by atoms with Crippen molar-refractivity contribution in [2.24, 2.45) is 0 Å². The van der Waals surface area contributed by atoms with Crippen molar-refractivity contribution >= 4 is 17.9 Å². The van der Waals surface area contributed by atoms with Gasteiger partial charge in [0.1, 0.15) is 17.4 Å². The Morgan fingerprint density at radius 1 is 1.16 bits per heavy atom. The van der Waals surface area contributed by atoms with Crippen LogP contribution in [0.5, 0.6) is 5.75 Å². The average Bonchev–Trinajstić information content (AvgIpc) is 2.48. The minimum Gasteiger partial charge on any atom is -0.484 e. The number of aryl methyl sites for hydroxylation is 1. The fourth-order valence-corrected chi connectivity index (χ4v) is 1.68. The number of amides is 3. The van der Waals surface area contributed by atoms with Gasteiger partial charge in [0, 0.05) is 0 Å². The Bertz CT molecular complexity index is 625. The first-order valence-electron chi connectivity index (χ1n) is 7.84. The molecule has 1 atom stereocenters. The zero-order valence-corrected chi connectivity index (χ0v) is 15.1. The summed E-state index contributed by atoms with van der Waals surface area (Å²) in [7, 11) is 0. The third-order valence-corrected chi connectivity index (χ3v) is 2.81. The summed E-state index contributed by atoms with van der Waals surface area (Å²) in [6, 6.07) is 6.36. The number of benzene rings is 1. The maximum atomic E-state index is 11.8. The van der Waals surface area contributed by atoms with Crippen molar-refractivity contribution in [2.75, 3.05) is 6.61 Å². The highest BCUT2D eigenvalue weighted by molar-refractivity contribution is 5.87. The molecule has 0 radical (unpaired) electrons.